The van der Waals surface area contributed by atoms with Gasteiger partial charge >= 0.3 is 0 Å². The van der Waals surface area contributed by atoms with E-state index in [9.17, 15) is 4.79 Å². The Balaban J connectivity index is 2.45. The molecule has 0 spiro atoms. The molecule has 0 aliphatic carbocycles. The zero-order valence-corrected chi connectivity index (χ0v) is 11.9. The summed E-state index contributed by atoms with van der Waals surface area (Å²) < 4.78 is 5.46. The van der Waals surface area contributed by atoms with Gasteiger partial charge in [-0.05, 0) is 44.4 Å². The molecule has 0 bridgehead atoms. The molecule has 19 heavy (non-hydrogen) atoms. The molecule has 0 saturated carbocycles. The van der Waals surface area contributed by atoms with E-state index in [1.54, 1.807) is 0 Å². The first-order chi connectivity index (χ1) is 8.96. The molecule has 0 unspecified atom stereocenters. The first kappa shape index (κ1) is 15.5. The summed E-state index contributed by atoms with van der Waals surface area (Å²) in [5.74, 6) is 0.523. The van der Waals surface area contributed by atoms with Gasteiger partial charge in [-0.15, -0.1) is 0 Å². The number of carbonyl (C=O) groups is 1. The summed E-state index contributed by atoms with van der Waals surface area (Å²) in [4.78, 5) is 11.7. The van der Waals surface area contributed by atoms with Gasteiger partial charge in [0.2, 0.25) is 0 Å². The standard InChI is InChI=1S/C15H23NO3/c1-4-12-6-5-7-13(10-12)19-11-14(18)16-15(2,3)8-9-17/h5-7,10,17H,4,8-9,11H2,1-3H3,(H,16,18). The summed E-state index contributed by atoms with van der Waals surface area (Å²) in [6, 6.07) is 7.72. The lowest BCUT2D eigenvalue weighted by Gasteiger charge is -2.25. The van der Waals surface area contributed by atoms with Crippen molar-refractivity contribution in [2.45, 2.75) is 39.2 Å². The maximum Gasteiger partial charge on any atom is 0.258 e. The normalized spacial score (nSPS) is 11.2. The van der Waals surface area contributed by atoms with Gasteiger partial charge in [-0.2, -0.15) is 0 Å². The van der Waals surface area contributed by atoms with E-state index < -0.39 is 5.54 Å². The van der Waals surface area contributed by atoms with Crippen LogP contribution < -0.4 is 10.1 Å². The smallest absolute Gasteiger partial charge is 0.258 e. The summed E-state index contributed by atoms with van der Waals surface area (Å²) in [7, 11) is 0. The van der Waals surface area contributed by atoms with Crippen molar-refractivity contribution in [2.75, 3.05) is 13.2 Å². The van der Waals surface area contributed by atoms with Crippen LogP contribution in [0.25, 0.3) is 0 Å². The van der Waals surface area contributed by atoms with E-state index in [0.717, 1.165) is 6.42 Å². The molecule has 0 atom stereocenters. The molecule has 1 rings (SSSR count). The molecule has 0 heterocycles. The lowest BCUT2D eigenvalue weighted by atomic mass is 10.0. The SMILES string of the molecule is CCc1cccc(OCC(=O)NC(C)(C)CCO)c1. The predicted octanol–water partition coefficient (Wildman–Crippen LogP) is 1.90. The molecule has 0 aliphatic rings. The lowest BCUT2D eigenvalue weighted by Crippen LogP contribution is -2.46. The molecule has 1 aromatic carbocycles. The molecule has 1 amide bonds. The molecule has 0 aliphatic heterocycles. The van der Waals surface area contributed by atoms with E-state index >= 15 is 0 Å². The minimum Gasteiger partial charge on any atom is -0.484 e. The highest BCUT2D eigenvalue weighted by Gasteiger charge is 2.19. The molecule has 0 aromatic heterocycles. The van der Waals surface area contributed by atoms with Crippen molar-refractivity contribution in [1.29, 1.82) is 0 Å². The van der Waals surface area contributed by atoms with Crippen molar-refractivity contribution in [3.05, 3.63) is 29.8 Å². The highest BCUT2D eigenvalue weighted by molar-refractivity contribution is 5.78. The number of amides is 1. The first-order valence-corrected chi connectivity index (χ1v) is 6.60. The third-order valence-corrected chi connectivity index (χ3v) is 2.89. The molecule has 0 fully saturated rings. The summed E-state index contributed by atoms with van der Waals surface area (Å²) in [5, 5.41) is 11.7. The lowest BCUT2D eigenvalue weighted by molar-refractivity contribution is -0.124. The third-order valence-electron chi connectivity index (χ3n) is 2.89. The predicted molar refractivity (Wildman–Crippen MR) is 75.2 cm³/mol. The highest BCUT2D eigenvalue weighted by atomic mass is 16.5. The van der Waals surface area contributed by atoms with Gasteiger partial charge in [0.15, 0.2) is 6.61 Å². The van der Waals surface area contributed by atoms with Crippen LogP contribution in [0.1, 0.15) is 32.8 Å². The van der Waals surface area contributed by atoms with Crippen LogP contribution in [0, 0.1) is 0 Å². The monoisotopic (exact) mass is 265 g/mol. The highest BCUT2D eigenvalue weighted by Crippen LogP contribution is 2.13. The minimum absolute atomic E-state index is 0.0119. The van der Waals surface area contributed by atoms with Gasteiger partial charge in [0, 0.05) is 12.1 Å². The largest absolute Gasteiger partial charge is 0.484 e. The Morgan fingerprint density at radius 1 is 1.42 bits per heavy atom. The van der Waals surface area contributed by atoms with Crippen molar-refractivity contribution in [2.24, 2.45) is 0 Å². The minimum atomic E-state index is -0.416. The Morgan fingerprint density at radius 3 is 2.79 bits per heavy atom. The van der Waals surface area contributed by atoms with Gasteiger partial charge in [-0.1, -0.05) is 19.1 Å². The van der Waals surface area contributed by atoms with Crippen molar-refractivity contribution >= 4 is 5.91 Å². The molecule has 106 valence electrons. The molecule has 0 saturated heterocycles. The van der Waals surface area contributed by atoms with Gasteiger partial charge in [-0.3, -0.25) is 4.79 Å². The van der Waals surface area contributed by atoms with Gasteiger partial charge in [0.25, 0.3) is 5.91 Å². The second-order valence-electron chi connectivity index (χ2n) is 5.20. The fourth-order valence-corrected chi connectivity index (χ4v) is 1.76. The molecular weight excluding hydrogens is 242 g/mol. The Morgan fingerprint density at radius 2 is 2.16 bits per heavy atom. The number of hydrogen-bond acceptors (Lipinski definition) is 3. The molecule has 0 radical (unpaired) electrons. The maximum atomic E-state index is 11.7. The third kappa shape index (κ3) is 5.75. The molecule has 4 nitrogen and oxygen atoms in total. The van der Waals surface area contributed by atoms with E-state index in [4.69, 9.17) is 9.84 Å². The summed E-state index contributed by atoms with van der Waals surface area (Å²) in [5.41, 5.74) is 0.763. The van der Waals surface area contributed by atoms with E-state index in [2.05, 4.69) is 12.2 Å². The summed E-state index contributed by atoms with van der Waals surface area (Å²) >= 11 is 0. The average molecular weight is 265 g/mol. The Labute approximate surface area is 114 Å². The van der Waals surface area contributed by atoms with E-state index in [0.29, 0.717) is 12.2 Å². The number of benzene rings is 1. The quantitative estimate of drug-likeness (QED) is 0.791. The van der Waals surface area contributed by atoms with Gasteiger partial charge in [0.05, 0.1) is 0 Å². The van der Waals surface area contributed by atoms with Crippen LogP contribution in [-0.4, -0.2) is 29.8 Å². The van der Waals surface area contributed by atoms with Crippen molar-refractivity contribution in [1.82, 2.24) is 5.32 Å². The van der Waals surface area contributed by atoms with Crippen LogP contribution in [0.2, 0.25) is 0 Å². The Hall–Kier alpha value is -1.55. The summed E-state index contributed by atoms with van der Waals surface area (Å²) in [6.07, 6.45) is 1.46. The number of carbonyl (C=O) groups excluding carboxylic acids is 1. The number of ether oxygens (including phenoxy) is 1. The van der Waals surface area contributed by atoms with Crippen LogP contribution in [0.15, 0.2) is 24.3 Å². The van der Waals surface area contributed by atoms with Crippen molar-refractivity contribution in [3.63, 3.8) is 0 Å². The van der Waals surface area contributed by atoms with Crippen LogP contribution in [0.3, 0.4) is 0 Å². The van der Waals surface area contributed by atoms with Crippen LogP contribution >= 0.6 is 0 Å². The van der Waals surface area contributed by atoms with E-state index in [1.807, 2.05) is 38.1 Å². The van der Waals surface area contributed by atoms with Gasteiger partial charge in [0.1, 0.15) is 5.75 Å². The van der Waals surface area contributed by atoms with Crippen LogP contribution in [0.5, 0.6) is 5.75 Å². The Bertz CT molecular complexity index is 416. The fraction of sp³-hybridized carbons (Fsp3) is 0.533. The average Bonchev–Trinajstić information content (AvgIpc) is 2.36. The number of aliphatic hydroxyl groups excluding tert-OH is 1. The number of rotatable bonds is 7. The van der Waals surface area contributed by atoms with Gasteiger partial charge < -0.3 is 15.2 Å². The number of aliphatic hydroxyl groups is 1. The second-order valence-corrected chi connectivity index (χ2v) is 5.20. The van der Waals surface area contributed by atoms with E-state index in [1.165, 1.54) is 5.56 Å². The molecule has 2 N–H and O–H groups in total. The number of nitrogens with one attached hydrogen (secondary N) is 1. The van der Waals surface area contributed by atoms with Crippen LogP contribution in [-0.2, 0) is 11.2 Å². The molecule has 4 heteroatoms. The molecule has 1 aromatic rings. The second kappa shape index (κ2) is 7.14. The number of hydrogen-bond donors (Lipinski definition) is 2. The zero-order valence-electron chi connectivity index (χ0n) is 11.9. The number of aryl methyl sites for hydroxylation is 1. The first-order valence-electron chi connectivity index (χ1n) is 6.60. The van der Waals surface area contributed by atoms with Crippen LogP contribution in [0.4, 0.5) is 0 Å². The zero-order chi connectivity index (χ0) is 14.3. The van der Waals surface area contributed by atoms with Crippen molar-refractivity contribution < 1.29 is 14.6 Å². The van der Waals surface area contributed by atoms with Gasteiger partial charge in [-0.25, -0.2) is 0 Å². The molecular formula is C15H23NO3. The van der Waals surface area contributed by atoms with Crippen molar-refractivity contribution in [3.8, 4) is 5.75 Å². The summed E-state index contributed by atoms with van der Waals surface area (Å²) in [6.45, 7) is 5.86. The maximum absolute atomic E-state index is 11.7. The van der Waals surface area contributed by atoms with E-state index in [-0.39, 0.29) is 19.1 Å². The topological polar surface area (TPSA) is 58.6 Å². The fourth-order valence-electron chi connectivity index (χ4n) is 1.76. The Kier molecular flexibility index (Phi) is 5.83.